The molecule has 1 aromatic carbocycles. The average Bonchev–Trinajstić information content (AvgIpc) is 3.01. The molecule has 3 N–H and O–H groups in total. The standard InChI is InChI=1S/C12H17NO/c13-8-7-12(14)11-4-2-1-3-10(11)9-5-6-9/h1-4,9,12,14H,5-8,13H2. The molecule has 0 bridgehead atoms. The van der Waals surface area contributed by atoms with Crippen LogP contribution < -0.4 is 5.73 Å². The largest absolute Gasteiger partial charge is 0.388 e. The molecule has 0 aliphatic heterocycles. The number of nitrogens with two attached hydrogens (primary N) is 1. The topological polar surface area (TPSA) is 46.2 Å². The lowest BCUT2D eigenvalue weighted by Gasteiger charge is -2.14. The molecule has 2 nitrogen and oxygen atoms in total. The quantitative estimate of drug-likeness (QED) is 0.764. The Labute approximate surface area is 84.7 Å². The third-order valence-electron chi connectivity index (χ3n) is 2.81. The third kappa shape index (κ3) is 1.97. The van der Waals surface area contributed by atoms with E-state index >= 15 is 0 Å². The van der Waals surface area contributed by atoms with Crippen LogP contribution in [0.5, 0.6) is 0 Å². The van der Waals surface area contributed by atoms with Crippen LogP contribution in [0.3, 0.4) is 0 Å². The van der Waals surface area contributed by atoms with Gasteiger partial charge in [-0.3, -0.25) is 0 Å². The summed E-state index contributed by atoms with van der Waals surface area (Å²) in [6, 6.07) is 8.19. The van der Waals surface area contributed by atoms with Gasteiger partial charge in [-0.2, -0.15) is 0 Å². The summed E-state index contributed by atoms with van der Waals surface area (Å²) in [4.78, 5) is 0. The first-order valence-corrected chi connectivity index (χ1v) is 5.30. The van der Waals surface area contributed by atoms with E-state index in [1.807, 2.05) is 18.2 Å². The van der Waals surface area contributed by atoms with Crippen molar-refractivity contribution in [1.82, 2.24) is 0 Å². The van der Waals surface area contributed by atoms with Gasteiger partial charge in [0.25, 0.3) is 0 Å². The number of aliphatic hydroxyl groups excluding tert-OH is 1. The summed E-state index contributed by atoms with van der Waals surface area (Å²) in [5, 5.41) is 9.90. The summed E-state index contributed by atoms with van der Waals surface area (Å²) >= 11 is 0. The smallest absolute Gasteiger partial charge is 0.0804 e. The predicted octanol–water partition coefficient (Wildman–Crippen LogP) is 1.95. The molecule has 1 fully saturated rings. The molecule has 1 aliphatic carbocycles. The van der Waals surface area contributed by atoms with Crippen molar-refractivity contribution in [3.05, 3.63) is 35.4 Å². The van der Waals surface area contributed by atoms with Crippen molar-refractivity contribution in [3.63, 3.8) is 0 Å². The van der Waals surface area contributed by atoms with Crippen molar-refractivity contribution < 1.29 is 5.11 Å². The van der Waals surface area contributed by atoms with Crippen molar-refractivity contribution in [1.29, 1.82) is 0 Å². The first-order valence-electron chi connectivity index (χ1n) is 5.30. The van der Waals surface area contributed by atoms with Crippen LogP contribution in [0, 0.1) is 0 Å². The summed E-state index contributed by atoms with van der Waals surface area (Å²) in [6.07, 6.45) is 2.82. The molecule has 0 amide bonds. The van der Waals surface area contributed by atoms with Gasteiger partial charge in [0, 0.05) is 0 Å². The summed E-state index contributed by atoms with van der Waals surface area (Å²) in [5.74, 6) is 0.693. The number of hydrogen-bond donors (Lipinski definition) is 2. The molecule has 0 spiro atoms. The molecule has 1 saturated carbocycles. The van der Waals surface area contributed by atoms with Crippen LogP contribution in [0.4, 0.5) is 0 Å². The van der Waals surface area contributed by atoms with E-state index in [1.54, 1.807) is 0 Å². The Bertz CT molecular complexity index is 307. The van der Waals surface area contributed by atoms with E-state index in [4.69, 9.17) is 5.73 Å². The van der Waals surface area contributed by atoms with Crippen LogP contribution in [-0.2, 0) is 0 Å². The van der Waals surface area contributed by atoms with Crippen molar-refractivity contribution in [2.24, 2.45) is 5.73 Å². The highest BCUT2D eigenvalue weighted by molar-refractivity contribution is 5.34. The molecule has 76 valence electrons. The Balaban J connectivity index is 2.21. The highest BCUT2D eigenvalue weighted by Crippen LogP contribution is 2.43. The van der Waals surface area contributed by atoms with Gasteiger partial charge >= 0.3 is 0 Å². The van der Waals surface area contributed by atoms with Gasteiger partial charge in [0.1, 0.15) is 0 Å². The van der Waals surface area contributed by atoms with E-state index in [0.29, 0.717) is 18.9 Å². The van der Waals surface area contributed by atoms with Gasteiger partial charge in [-0.15, -0.1) is 0 Å². The Hall–Kier alpha value is -0.860. The van der Waals surface area contributed by atoms with Gasteiger partial charge in [-0.05, 0) is 42.9 Å². The fraction of sp³-hybridized carbons (Fsp3) is 0.500. The van der Waals surface area contributed by atoms with E-state index in [-0.39, 0.29) is 6.10 Å². The fourth-order valence-electron chi connectivity index (χ4n) is 1.89. The zero-order chi connectivity index (χ0) is 9.97. The minimum Gasteiger partial charge on any atom is -0.388 e. The first-order chi connectivity index (χ1) is 6.83. The van der Waals surface area contributed by atoms with Gasteiger partial charge in [0.2, 0.25) is 0 Å². The first kappa shape index (κ1) is 9.69. The van der Waals surface area contributed by atoms with Crippen LogP contribution in [0.2, 0.25) is 0 Å². The number of benzene rings is 1. The zero-order valence-corrected chi connectivity index (χ0v) is 8.32. The van der Waals surface area contributed by atoms with Crippen molar-refractivity contribution in [2.45, 2.75) is 31.3 Å². The Kier molecular flexibility index (Phi) is 2.85. The summed E-state index contributed by atoms with van der Waals surface area (Å²) in [5.41, 5.74) is 7.86. The molecule has 2 heteroatoms. The monoisotopic (exact) mass is 191 g/mol. The Morgan fingerprint density at radius 2 is 2.07 bits per heavy atom. The van der Waals surface area contributed by atoms with E-state index < -0.39 is 0 Å². The molecule has 0 heterocycles. The van der Waals surface area contributed by atoms with E-state index in [9.17, 15) is 5.11 Å². The van der Waals surface area contributed by atoms with Gasteiger partial charge < -0.3 is 10.8 Å². The van der Waals surface area contributed by atoms with E-state index in [0.717, 1.165) is 5.56 Å². The van der Waals surface area contributed by atoms with Crippen molar-refractivity contribution >= 4 is 0 Å². The highest BCUT2D eigenvalue weighted by Gasteiger charge is 2.27. The molecule has 2 rings (SSSR count). The summed E-state index contributed by atoms with van der Waals surface area (Å²) < 4.78 is 0. The second-order valence-corrected chi connectivity index (χ2v) is 4.00. The van der Waals surface area contributed by atoms with E-state index in [1.165, 1.54) is 18.4 Å². The Morgan fingerprint density at radius 1 is 1.36 bits per heavy atom. The van der Waals surface area contributed by atoms with Crippen LogP contribution in [0.1, 0.15) is 42.4 Å². The van der Waals surface area contributed by atoms with E-state index in [2.05, 4.69) is 6.07 Å². The minimum atomic E-state index is -0.378. The lowest BCUT2D eigenvalue weighted by atomic mass is 9.97. The molecule has 1 aliphatic rings. The maximum Gasteiger partial charge on any atom is 0.0804 e. The molecule has 1 atom stereocenters. The molecular formula is C12H17NO. The zero-order valence-electron chi connectivity index (χ0n) is 8.32. The van der Waals surface area contributed by atoms with Gasteiger partial charge in [-0.1, -0.05) is 24.3 Å². The lowest BCUT2D eigenvalue weighted by molar-refractivity contribution is 0.169. The lowest BCUT2D eigenvalue weighted by Crippen LogP contribution is -2.08. The molecule has 0 radical (unpaired) electrons. The second kappa shape index (κ2) is 4.11. The van der Waals surface area contributed by atoms with Gasteiger partial charge in [0.05, 0.1) is 6.10 Å². The van der Waals surface area contributed by atoms with Crippen molar-refractivity contribution in [3.8, 4) is 0 Å². The number of rotatable bonds is 4. The highest BCUT2D eigenvalue weighted by atomic mass is 16.3. The van der Waals surface area contributed by atoms with Crippen molar-refractivity contribution in [2.75, 3.05) is 6.54 Å². The van der Waals surface area contributed by atoms with Crippen LogP contribution in [-0.4, -0.2) is 11.7 Å². The second-order valence-electron chi connectivity index (χ2n) is 4.00. The molecule has 1 unspecified atom stereocenters. The van der Waals surface area contributed by atoms with Crippen LogP contribution in [0.25, 0.3) is 0 Å². The molecule has 1 aromatic rings. The average molecular weight is 191 g/mol. The minimum absolute atomic E-state index is 0.378. The summed E-state index contributed by atoms with van der Waals surface area (Å²) in [7, 11) is 0. The molecule has 0 aromatic heterocycles. The fourth-order valence-corrected chi connectivity index (χ4v) is 1.89. The predicted molar refractivity (Wildman–Crippen MR) is 57.0 cm³/mol. The maximum absolute atomic E-state index is 9.90. The summed E-state index contributed by atoms with van der Waals surface area (Å²) in [6.45, 7) is 0.542. The SMILES string of the molecule is NCCC(O)c1ccccc1C1CC1. The molecular weight excluding hydrogens is 174 g/mol. The van der Waals surface area contributed by atoms with Gasteiger partial charge in [0.15, 0.2) is 0 Å². The number of hydrogen-bond acceptors (Lipinski definition) is 2. The van der Waals surface area contributed by atoms with Crippen LogP contribution >= 0.6 is 0 Å². The third-order valence-corrected chi connectivity index (χ3v) is 2.81. The number of aliphatic hydroxyl groups is 1. The maximum atomic E-state index is 9.90. The normalized spacial score (nSPS) is 18.1. The Morgan fingerprint density at radius 3 is 2.71 bits per heavy atom. The van der Waals surface area contributed by atoms with Crippen LogP contribution in [0.15, 0.2) is 24.3 Å². The van der Waals surface area contributed by atoms with Gasteiger partial charge in [-0.25, -0.2) is 0 Å². The molecule has 0 saturated heterocycles. The molecule has 14 heavy (non-hydrogen) atoms.